The van der Waals surface area contributed by atoms with Crippen molar-refractivity contribution < 1.29 is 10.3 Å². The Morgan fingerprint density at radius 2 is 2.07 bits per heavy atom. The van der Waals surface area contributed by atoms with Crippen LogP contribution < -0.4 is 11.1 Å². The quantitative estimate of drug-likeness (QED) is 0.236. The van der Waals surface area contributed by atoms with Gasteiger partial charge in [-0.25, -0.2) is 0 Å². The molecule has 0 amide bonds. The molecule has 5 nitrogen and oxygen atoms in total. The van der Waals surface area contributed by atoms with Gasteiger partial charge in [-0.3, -0.25) is 0 Å². The maximum Gasteiger partial charge on any atom is 0.156 e. The Labute approximate surface area is 90.3 Å². The van der Waals surface area contributed by atoms with Crippen molar-refractivity contribution in [3.05, 3.63) is 0 Å². The Kier molecular flexibility index (Phi) is 4.35. The summed E-state index contributed by atoms with van der Waals surface area (Å²) in [7, 11) is 0. The van der Waals surface area contributed by atoms with E-state index in [-0.39, 0.29) is 11.9 Å². The van der Waals surface area contributed by atoms with E-state index in [2.05, 4.69) is 10.5 Å². The second kappa shape index (κ2) is 5.32. The molecule has 88 valence electrons. The number of hydrogen-bond donors (Lipinski definition) is 4. The molecule has 0 aromatic carbocycles. The smallest absolute Gasteiger partial charge is 0.156 e. The molecular formula is C10H21N3O2. The van der Waals surface area contributed by atoms with Crippen molar-refractivity contribution in [2.45, 2.75) is 50.7 Å². The minimum Gasteiger partial charge on any atom is -0.409 e. The summed E-state index contributed by atoms with van der Waals surface area (Å²) in [5.41, 5.74) is 4.82. The third-order valence-electron chi connectivity index (χ3n) is 3.08. The lowest BCUT2D eigenvalue weighted by atomic mass is 9.85. The Hall–Kier alpha value is -0.810. The molecule has 5 N–H and O–H groups in total. The lowest BCUT2D eigenvalue weighted by molar-refractivity contribution is 0.00431. The zero-order valence-electron chi connectivity index (χ0n) is 9.24. The van der Waals surface area contributed by atoms with Crippen molar-refractivity contribution in [3.8, 4) is 0 Å². The van der Waals surface area contributed by atoms with Crippen LogP contribution in [0.5, 0.6) is 0 Å². The van der Waals surface area contributed by atoms with Gasteiger partial charge >= 0.3 is 0 Å². The highest BCUT2D eigenvalue weighted by atomic mass is 16.4. The predicted molar refractivity (Wildman–Crippen MR) is 58.9 cm³/mol. The molecule has 1 fully saturated rings. The molecule has 0 saturated heterocycles. The molecule has 0 aromatic rings. The number of hydrogen-bond acceptors (Lipinski definition) is 4. The van der Waals surface area contributed by atoms with E-state index in [0.29, 0.717) is 6.54 Å². The fourth-order valence-electron chi connectivity index (χ4n) is 1.92. The van der Waals surface area contributed by atoms with Crippen molar-refractivity contribution in [2.24, 2.45) is 10.9 Å². The van der Waals surface area contributed by atoms with Crippen LogP contribution in [0.4, 0.5) is 0 Å². The summed E-state index contributed by atoms with van der Waals surface area (Å²) in [5, 5.41) is 24.6. The maximum absolute atomic E-state index is 10.2. The zero-order chi connectivity index (χ0) is 11.3. The summed E-state index contributed by atoms with van der Waals surface area (Å²) in [4.78, 5) is 0. The highest BCUT2D eigenvalue weighted by Crippen LogP contribution is 2.27. The molecule has 1 unspecified atom stereocenters. The normalized spacial score (nSPS) is 23.7. The number of oxime groups is 1. The Bertz CT molecular complexity index is 225. The topological polar surface area (TPSA) is 90.9 Å². The summed E-state index contributed by atoms with van der Waals surface area (Å²) < 4.78 is 0. The summed E-state index contributed by atoms with van der Waals surface area (Å²) in [6.45, 7) is 2.31. The fourth-order valence-corrected chi connectivity index (χ4v) is 1.92. The molecule has 1 aliphatic rings. The highest BCUT2D eigenvalue weighted by Gasteiger charge is 2.29. The second-order valence-electron chi connectivity index (χ2n) is 4.41. The third kappa shape index (κ3) is 3.68. The Morgan fingerprint density at radius 1 is 1.47 bits per heavy atom. The van der Waals surface area contributed by atoms with Gasteiger partial charge in [-0.2, -0.15) is 0 Å². The summed E-state index contributed by atoms with van der Waals surface area (Å²) in [6, 6.07) is -0.207. The van der Waals surface area contributed by atoms with Crippen LogP contribution in [0.3, 0.4) is 0 Å². The molecule has 0 heterocycles. The number of nitrogens with one attached hydrogen (secondary N) is 1. The van der Waals surface area contributed by atoms with Gasteiger partial charge in [-0.05, 0) is 19.8 Å². The van der Waals surface area contributed by atoms with Gasteiger partial charge in [0.15, 0.2) is 5.84 Å². The first-order chi connectivity index (χ1) is 7.07. The van der Waals surface area contributed by atoms with E-state index in [9.17, 15) is 5.11 Å². The molecule has 1 atom stereocenters. The van der Waals surface area contributed by atoms with Gasteiger partial charge in [0.1, 0.15) is 0 Å². The Balaban J connectivity index is 2.35. The largest absolute Gasteiger partial charge is 0.409 e. The maximum atomic E-state index is 10.2. The molecule has 0 spiro atoms. The van der Waals surface area contributed by atoms with Gasteiger partial charge in [0.2, 0.25) is 0 Å². The zero-order valence-corrected chi connectivity index (χ0v) is 9.24. The number of nitrogens with two attached hydrogens (primary N) is 1. The molecule has 0 aromatic heterocycles. The molecule has 0 radical (unpaired) electrons. The molecule has 1 rings (SSSR count). The van der Waals surface area contributed by atoms with E-state index >= 15 is 0 Å². The first-order valence-electron chi connectivity index (χ1n) is 5.50. The van der Waals surface area contributed by atoms with Gasteiger partial charge in [0.25, 0.3) is 0 Å². The average molecular weight is 215 g/mol. The third-order valence-corrected chi connectivity index (χ3v) is 3.08. The molecule has 0 bridgehead atoms. The van der Waals surface area contributed by atoms with Gasteiger partial charge in [0, 0.05) is 6.54 Å². The monoisotopic (exact) mass is 215 g/mol. The van der Waals surface area contributed by atoms with E-state index in [1.807, 2.05) is 0 Å². The van der Waals surface area contributed by atoms with Crippen LogP contribution in [-0.4, -0.2) is 34.3 Å². The molecule has 0 aliphatic heterocycles. The second-order valence-corrected chi connectivity index (χ2v) is 4.41. The molecule has 5 heteroatoms. The van der Waals surface area contributed by atoms with Crippen LogP contribution >= 0.6 is 0 Å². The molecular weight excluding hydrogens is 194 g/mol. The SMILES string of the molecule is CC(NCC1(O)CCCCC1)C(N)=NO. The predicted octanol–water partition coefficient (Wildman–Crippen LogP) is 0.406. The standard InChI is InChI=1S/C10H21N3O2/c1-8(9(11)13-15)12-7-10(14)5-3-2-4-6-10/h8,12,14-15H,2-7H2,1H3,(H2,11,13). The van der Waals surface area contributed by atoms with Crippen LogP contribution in [0.25, 0.3) is 0 Å². The number of amidine groups is 1. The first kappa shape index (κ1) is 12.3. The average Bonchev–Trinajstić information content (AvgIpc) is 2.26. The van der Waals surface area contributed by atoms with E-state index in [0.717, 1.165) is 25.7 Å². The van der Waals surface area contributed by atoms with E-state index in [1.165, 1.54) is 6.42 Å². The van der Waals surface area contributed by atoms with Crippen molar-refractivity contribution in [1.29, 1.82) is 0 Å². The van der Waals surface area contributed by atoms with Gasteiger partial charge in [-0.15, -0.1) is 0 Å². The summed E-state index contributed by atoms with van der Waals surface area (Å²) in [5.74, 6) is 0.148. The molecule has 1 saturated carbocycles. The van der Waals surface area contributed by atoms with Crippen LogP contribution in [-0.2, 0) is 0 Å². The fraction of sp³-hybridized carbons (Fsp3) is 0.900. The van der Waals surface area contributed by atoms with Gasteiger partial charge < -0.3 is 21.4 Å². The number of aliphatic hydroxyl groups is 1. The minimum atomic E-state index is -0.609. The van der Waals surface area contributed by atoms with Crippen LogP contribution in [0.1, 0.15) is 39.0 Å². The molecule has 1 aliphatic carbocycles. The lowest BCUT2D eigenvalue weighted by Crippen LogP contribution is -2.48. The van der Waals surface area contributed by atoms with Crippen molar-refractivity contribution in [3.63, 3.8) is 0 Å². The highest BCUT2D eigenvalue weighted by molar-refractivity contribution is 5.84. The van der Waals surface area contributed by atoms with Gasteiger partial charge in [0.05, 0.1) is 11.6 Å². The van der Waals surface area contributed by atoms with E-state index < -0.39 is 5.60 Å². The van der Waals surface area contributed by atoms with Crippen molar-refractivity contribution in [2.75, 3.05) is 6.54 Å². The van der Waals surface area contributed by atoms with E-state index in [1.54, 1.807) is 6.92 Å². The van der Waals surface area contributed by atoms with Crippen LogP contribution in [0.2, 0.25) is 0 Å². The number of rotatable bonds is 4. The van der Waals surface area contributed by atoms with Gasteiger partial charge in [-0.1, -0.05) is 24.4 Å². The summed E-state index contributed by atoms with van der Waals surface area (Å²) in [6.07, 6.45) is 5.04. The Morgan fingerprint density at radius 3 is 2.60 bits per heavy atom. The minimum absolute atomic E-state index is 0.148. The van der Waals surface area contributed by atoms with Crippen LogP contribution in [0.15, 0.2) is 5.16 Å². The lowest BCUT2D eigenvalue weighted by Gasteiger charge is -2.33. The van der Waals surface area contributed by atoms with Crippen molar-refractivity contribution >= 4 is 5.84 Å². The molecule has 15 heavy (non-hydrogen) atoms. The number of nitrogens with zero attached hydrogens (tertiary/aromatic N) is 1. The van der Waals surface area contributed by atoms with Crippen molar-refractivity contribution in [1.82, 2.24) is 5.32 Å². The summed E-state index contributed by atoms with van der Waals surface area (Å²) >= 11 is 0. The van der Waals surface area contributed by atoms with Crippen LogP contribution in [0, 0.1) is 0 Å². The first-order valence-corrected chi connectivity index (χ1v) is 5.50. The van der Waals surface area contributed by atoms with E-state index in [4.69, 9.17) is 10.9 Å².